The summed E-state index contributed by atoms with van der Waals surface area (Å²) in [4.78, 5) is 11.9. The molecule has 0 aromatic heterocycles. The Labute approximate surface area is 180 Å². The second-order valence-electron chi connectivity index (χ2n) is 7.90. The Bertz CT molecular complexity index is 734. The molecule has 5 heteroatoms. The molecule has 2 aromatic carbocycles. The summed E-state index contributed by atoms with van der Waals surface area (Å²) in [6, 6.07) is 19.9. The molecule has 5 atom stereocenters. The van der Waals surface area contributed by atoms with Gasteiger partial charge in [0.1, 0.15) is 0 Å². The topological polar surface area (TPSA) is 65.0 Å². The standard InChI is InChI=1S/C25H34O5/c1-18(15-29-16-21-11-7-5-8-12-21)24(30-17-22-13-9-6-10-14-22)19(2)23(26)20(3)25(27)28-4/h5-14,18-20,23-24,26H,15-17H2,1-4H3/t18-,19+,20-,23-,24-/m0/s1. The Hall–Kier alpha value is -2.21. The van der Waals surface area contributed by atoms with Crippen molar-refractivity contribution < 1.29 is 24.1 Å². The van der Waals surface area contributed by atoms with Crippen LogP contribution in [0.15, 0.2) is 60.7 Å². The zero-order chi connectivity index (χ0) is 21.9. The Morgan fingerprint density at radius 3 is 1.97 bits per heavy atom. The van der Waals surface area contributed by atoms with Crippen molar-refractivity contribution in [3.8, 4) is 0 Å². The van der Waals surface area contributed by atoms with Crippen LogP contribution in [-0.4, -0.2) is 37.0 Å². The summed E-state index contributed by atoms with van der Waals surface area (Å²) in [5.74, 6) is -1.32. The van der Waals surface area contributed by atoms with Crippen molar-refractivity contribution in [2.45, 2.75) is 46.2 Å². The number of esters is 1. The number of ether oxygens (including phenoxy) is 3. The largest absolute Gasteiger partial charge is 0.469 e. The van der Waals surface area contributed by atoms with Crippen molar-refractivity contribution in [2.24, 2.45) is 17.8 Å². The van der Waals surface area contributed by atoms with Gasteiger partial charge in [-0.2, -0.15) is 0 Å². The van der Waals surface area contributed by atoms with Crippen molar-refractivity contribution in [1.82, 2.24) is 0 Å². The van der Waals surface area contributed by atoms with E-state index in [1.807, 2.05) is 74.5 Å². The normalized spacial score (nSPS) is 16.3. The van der Waals surface area contributed by atoms with Gasteiger partial charge >= 0.3 is 5.97 Å². The average molecular weight is 415 g/mol. The van der Waals surface area contributed by atoms with Gasteiger partial charge in [0.05, 0.1) is 45.1 Å². The molecule has 2 aromatic rings. The van der Waals surface area contributed by atoms with Crippen LogP contribution in [0.1, 0.15) is 31.9 Å². The molecule has 0 radical (unpaired) electrons. The van der Waals surface area contributed by atoms with Gasteiger partial charge in [-0.15, -0.1) is 0 Å². The van der Waals surface area contributed by atoms with E-state index < -0.39 is 18.0 Å². The van der Waals surface area contributed by atoms with Crippen LogP contribution in [0, 0.1) is 17.8 Å². The first-order valence-corrected chi connectivity index (χ1v) is 10.5. The lowest BCUT2D eigenvalue weighted by Gasteiger charge is -2.34. The summed E-state index contributed by atoms with van der Waals surface area (Å²) in [7, 11) is 1.33. The molecule has 0 spiro atoms. The SMILES string of the molecule is COC(=O)[C@@H](C)[C@@H](O)[C@@H](C)[C@@H](OCc1ccccc1)[C@@H](C)COCc1ccccc1. The maximum absolute atomic E-state index is 11.9. The lowest BCUT2D eigenvalue weighted by Crippen LogP contribution is -2.42. The predicted molar refractivity (Wildman–Crippen MR) is 117 cm³/mol. The van der Waals surface area contributed by atoms with Crippen molar-refractivity contribution in [2.75, 3.05) is 13.7 Å². The van der Waals surface area contributed by atoms with E-state index in [0.717, 1.165) is 11.1 Å². The van der Waals surface area contributed by atoms with Crippen molar-refractivity contribution in [1.29, 1.82) is 0 Å². The highest BCUT2D eigenvalue weighted by Crippen LogP contribution is 2.26. The maximum Gasteiger partial charge on any atom is 0.311 e. The minimum Gasteiger partial charge on any atom is -0.469 e. The lowest BCUT2D eigenvalue weighted by molar-refractivity contribution is -0.153. The number of hydrogen-bond acceptors (Lipinski definition) is 5. The molecule has 0 saturated heterocycles. The van der Waals surface area contributed by atoms with E-state index in [4.69, 9.17) is 14.2 Å². The number of rotatable bonds is 12. The first kappa shape index (κ1) is 24.1. The van der Waals surface area contributed by atoms with Crippen LogP contribution in [-0.2, 0) is 32.2 Å². The van der Waals surface area contributed by atoms with Crippen LogP contribution in [0.2, 0.25) is 0 Å². The van der Waals surface area contributed by atoms with E-state index in [9.17, 15) is 9.90 Å². The molecule has 0 amide bonds. The first-order valence-electron chi connectivity index (χ1n) is 10.5. The number of carbonyl (C=O) groups is 1. The highest BCUT2D eigenvalue weighted by atomic mass is 16.5. The average Bonchev–Trinajstić information content (AvgIpc) is 2.78. The molecular formula is C25H34O5. The number of benzene rings is 2. The Morgan fingerprint density at radius 2 is 1.43 bits per heavy atom. The second kappa shape index (κ2) is 12.5. The van der Waals surface area contributed by atoms with Gasteiger partial charge in [-0.05, 0) is 18.1 Å². The third kappa shape index (κ3) is 7.24. The Kier molecular flexibility index (Phi) is 10.0. The Balaban J connectivity index is 2.03. The highest BCUT2D eigenvalue weighted by Gasteiger charge is 2.35. The third-order valence-electron chi connectivity index (χ3n) is 5.48. The molecule has 5 nitrogen and oxygen atoms in total. The number of carbonyl (C=O) groups excluding carboxylic acids is 1. The number of aliphatic hydroxyl groups excluding tert-OH is 1. The molecule has 2 rings (SSSR count). The van der Waals surface area contributed by atoms with Crippen molar-refractivity contribution >= 4 is 5.97 Å². The van der Waals surface area contributed by atoms with Crippen LogP contribution >= 0.6 is 0 Å². The quantitative estimate of drug-likeness (QED) is 0.527. The lowest BCUT2D eigenvalue weighted by atomic mass is 9.84. The van der Waals surface area contributed by atoms with Gasteiger partial charge in [-0.25, -0.2) is 0 Å². The molecule has 0 unspecified atom stereocenters. The zero-order valence-corrected chi connectivity index (χ0v) is 18.4. The van der Waals surface area contributed by atoms with Crippen LogP contribution < -0.4 is 0 Å². The van der Waals surface area contributed by atoms with Gasteiger partial charge in [0.15, 0.2) is 0 Å². The smallest absolute Gasteiger partial charge is 0.311 e. The molecular weight excluding hydrogens is 380 g/mol. The number of aliphatic hydroxyl groups is 1. The Morgan fingerprint density at radius 1 is 0.900 bits per heavy atom. The van der Waals surface area contributed by atoms with Crippen molar-refractivity contribution in [3.63, 3.8) is 0 Å². The minimum absolute atomic E-state index is 0.0203. The van der Waals surface area contributed by atoms with E-state index in [2.05, 4.69) is 0 Å². The first-order chi connectivity index (χ1) is 14.4. The third-order valence-corrected chi connectivity index (χ3v) is 5.48. The molecule has 0 fully saturated rings. The zero-order valence-electron chi connectivity index (χ0n) is 18.4. The van der Waals surface area contributed by atoms with Gasteiger partial charge in [-0.1, -0.05) is 74.5 Å². The summed E-state index contributed by atoms with van der Waals surface area (Å²) >= 11 is 0. The highest BCUT2D eigenvalue weighted by molar-refractivity contribution is 5.72. The number of methoxy groups -OCH3 is 1. The number of hydrogen-bond donors (Lipinski definition) is 1. The van der Waals surface area contributed by atoms with Gasteiger partial charge < -0.3 is 19.3 Å². The summed E-state index contributed by atoms with van der Waals surface area (Å²) in [5, 5.41) is 10.8. The molecule has 0 bridgehead atoms. The molecule has 1 N–H and O–H groups in total. The van der Waals surface area contributed by atoms with E-state index in [-0.39, 0.29) is 17.9 Å². The predicted octanol–water partition coefficient (Wildman–Crippen LogP) is 4.23. The molecule has 0 heterocycles. The van der Waals surface area contributed by atoms with Crippen molar-refractivity contribution in [3.05, 3.63) is 71.8 Å². The molecule has 0 aliphatic heterocycles. The summed E-state index contributed by atoms with van der Waals surface area (Å²) in [6.07, 6.45) is -1.17. The van der Waals surface area contributed by atoms with E-state index in [1.54, 1.807) is 6.92 Å². The molecule has 30 heavy (non-hydrogen) atoms. The monoisotopic (exact) mass is 414 g/mol. The van der Waals surface area contributed by atoms with Crippen LogP contribution in [0.5, 0.6) is 0 Å². The van der Waals surface area contributed by atoms with Gasteiger partial charge in [0.25, 0.3) is 0 Å². The fraction of sp³-hybridized carbons (Fsp3) is 0.480. The second-order valence-corrected chi connectivity index (χ2v) is 7.90. The summed E-state index contributed by atoms with van der Waals surface area (Å²) < 4.78 is 17.0. The fourth-order valence-electron chi connectivity index (χ4n) is 3.61. The molecule has 0 aliphatic carbocycles. The van der Waals surface area contributed by atoms with Crippen LogP contribution in [0.25, 0.3) is 0 Å². The minimum atomic E-state index is -0.880. The summed E-state index contributed by atoms with van der Waals surface area (Å²) in [5.41, 5.74) is 2.17. The van der Waals surface area contributed by atoms with E-state index in [0.29, 0.717) is 19.8 Å². The fourth-order valence-corrected chi connectivity index (χ4v) is 3.61. The van der Waals surface area contributed by atoms with Gasteiger partial charge in [0.2, 0.25) is 0 Å². The molecule has 0 saturated carbocycles. The summed E-state index contributed by atoms with van der Waals surface area (Å²) in [6.45, 7) is 7.07. The van der Waals surface area contributed by atoms with Crippen LogP contribution in [0.3, 0.4) is 0 Å². The van der Waals surface area contributed by atoms with Gasteiger partial charge in [-0.3, -0.25) is 4.79 Å². The maximum atomic E-state index is 11.9. The van der Waals surface area contributed by atoms with E-state index in [1.165, 1.54) is 7.11 Å². The molecule has 0 aliphatic rings. The van der Waals surface area contributed by atoms with Crippen LogP contribution in [0.4, 0.5) is 0 Å². The molecule has 164 valence electrons. The van der Waals surface area contributed by atoms with Gasteiger partial charge in [0, 0.05) is 11.8 Å². The van der Waals surface area contributed by atoms with E-state index >= 15 is 0 Å².